The highest BCUT2D eigenvalue weighted by Gasteiger charge is 2.48. The molecule has 2 unspecified atom stereocenters. The van der Waals surface area contributed by atoms with Gasteiger partial charge in [-0.15, -0.1) is 0 Å². The van der Waals surface area contributed by atoms with E-state index < -0.39 is 0 Å². The maximum Gasteiger partial charge on any atom is 0.242 e. The summed E-state index contributed by atoms with van der Waals surface area (Å²) in [5, 5.41) is 8.95. The first-order valence-corrected chi connectivity index (χ1v) is 12.9. The number of benzene rings is 1. The first kappa shape index (κ1) is 22.4. The van der Waals surface area contributed by atoms with Crippen LogP contribution in [0.3, 0.4) is 0 Å². The number of rotatable bonds is 5. The Bertz CT molecular complexity index is 1090. The molecule has 0 spiro atoms. The molecule has 178 valence electrons. The Hall–Kier alpha value is -2.37. The highest BCUT2D eigenvalue weighted by molar-refractivity contribution is 5.87. The summed E-state index contributed by atoms with van der Waals surface area (Å²) >= 11 is 0. The SMILES string of the molecule is CC1CC2CC(C)CC(C(=O)Cn3c(=N)n(CC(=O)N4CCCCC4)c4ccccc43)(C1)C2. The van der Waals surface area contributed by atoms with Crippen molar-refractivity contribution in [3.8, 4) is 0 Å². The van der Waals surface area contributed by atoms with Crippen LogP contribution in [0.25, 0.3) is 11.0 Å². The van der Waals surface area contributed by atoms with E-state index in [-0.39, 0.29) is 35.8 Å². The van der Waals surface area contributed by atoms with Crippen molar-refractivity contribution in [1.82, 2.24) is 14.0 Å². The summed E-state index contributed by atoms with van der Waals surface area (Å²) in [4.78, 5) is 28.8. The van der Waals surface area contributed by atoms with Crippen molar-refractivity contribution in [2.75, 3.05) is 13.1 Å². The van der Waals surface area contributed by atoms with Crippen LogP contribution in [0.2, 0.25) is 0 Å². The maximum atomic E-state index is 13.9. The van der Waals surface area contributed by atoms with Crippen molar-refractivity contribution in [1.29, 1.82) is 5.41 Å². The Morgan fingerprint density at radius 1 is 0.909 bits per heavy atom. The summed E-state index contributed by atoms with van der Waals surface area (Å²) in [6, 6.07) is 7.86. The molecule has 5 rings (SSSR count). The van der Waals surface area contributed by atoms with Crippen molar-refractivity contribution in [3.63, 3.8) is 0 Å². The number of Topliss-reactive ketones (excluding diaryl/α,β-unsaturated/α-hetero) is 1. The fourth-order valence-electron chi connectivity index (χ4n) is 7.35. The predicted octanol–water partition coefficient (Wildman–Crippen LogP) is 4.36. The van der Waals surface area contributed by atoms with Crippen molar-refractivity contribution >= 4 is 22.7 Å². The number of imidazole rings is 1. The lowest BCUT2D eigenvalue weighted by Crippen LogP contribution is -2.46. The van der Waals surface area contributed by atoms with Crippen LogP contribution in [0.4, 0.5) is 0 Å². The highest BCUT2D eigenvalue weighted by Crippen LogP contribution is 2.53. The minimum Gasteiger partial charge on any atom is -0.341 e. The predicted molar refractivity (Wildman–Crippen MR) is 129 cm³/mol. The number of aromatic nitrogens is 2. The topological polar surface area (TPSA) is 71.1 Å². The minimum absolute atomic E-state index is 0.0751. The molecule has 1 aromatic carbocycles. The van der Waals surface area contributed by atoms with Crippen LogP contribution in [-0.2, 0) is 22.7 Å². The average Bonchev–Trinajstić information content (AvgIpc) is 3.04. The summed E-state index contributed by atoms with van der Waals surface area (Å²) in [6.45, 7) is 6.61. The molecule has 1 N–H and O–H groups in total. The Morgan fingerprint density at radius 3 is 2.09 bits per heavy atom. The lowest BCUT2D eigenvalue weighted by molar-refractivity contribution is -0.137. The van der Waals surface area contributed by atoms with Crippen LogP contribution in [0.1, 0.15) is 65.2 Å². The van der Waals surface area contributed by atoms with E-state index in [1.807, 2.05) is 33.7 Å². The van der Waals surface area contributed by atoms with Gasteiger partial charge in [-0.05, 0) is 81.3 Å². The fourth-order valence-corrected chi connectivity index (χ4v) is 7.35. The van der Waals surface area contributed by atoms with Gasteiger partial charge in [-0.2, -0.15) is 0 Å². The molecule has 6 heteroatoms. The van der Waals surface area contributed by atoms with E-state index in [1.165, 1.54) is 19.3 Å². The van der Waals surface area contributed by atoms with E-state index in [1.54, 1.807) is 4.57 Å². The monoisotopic (exact) mass is 450 g/mol. The number of para-hydroxylation sites is 2. The molecule has 3 fully saturated rings. The third-order valence-electron chi connectivity index (χ3n) is 8.50. The number of hydrogen-bond acceptors (Lipinski definition) is 3. The van der Waals surface area contributed by atoms with Crippen LogP contribution in [0, 0.1) is 28.6 Å². The van der Waals surface area contributed by atoms with Crippen molar-refractivity contribution < 1.29 is 9.59 Å². The largest absolute Gasteiger partial charge is 0.341 e. The summed E-state index contributed by atoms with van der Waals surface area (Å²) in [5.74, 6) is 2.19. The number of hydrogen-bond donors (Lipinski definition) is 1. The van der Waals surface area contributed by atoms with Crippen molar-refractivity contribution in [2.24, 2.45) is 23.2 Å². The molecule has 2 bridgehead atoms. The van der Waals surface area contributed by atoms with E-state index >= 15 is 0 Å². The number of fused-ring (bicyclic) bond motifs is 3. The number of nitrogens with zero attached hydrogens (tertiary/aromatic N) is 3. The van der Waals surface area contributed by atoms with Gasteiger partial charge in [0.15, 0.2) is 5.78 Å². The van der Waals surface area contributed by atoms with Crippen molar-refractivity contribution in [2.45, 2.75) is 78.3 Å². The van der Waals surface area contributed by atoms with Crippen LogP contribution >= 0.6 is 0 Å². The smallest absolute Gasteiger partial charge is 0.242 e. The Labute approximate surface area is 196 Å². The third-order valence-corrected chi connectivity index (χ3v) is 8.50. The molecule has 2 saturated carbocycles. The van der Waals surface area contributed by atoms with Gasteiger partial charge in [-0.1, -0.05) is 26.0 Å². The molecular weight excluding hydrogens is 412 g/mol. The zero-order valence-electron chi connectivity index (χ0n) is 20.2. The van der Waals surface area contributed by atoms with E-state index in [9.17, 15) is 9.59 Å². The molecule has 3 aliphatic rings. The first-order chi connectivity index (χ1) is 15.9. The van der Waals surface area contributed by atoms with Crippen LogP contribution in [0.15, 0.2) is 24.3 Å². The van der Waals surface area contributed by atoms with Gasteiger partial charge < -0.3 is 14.0 Å². The standard InChI is InChI=1S/C27H38N4O2/c1-19-12-21-13-20(2)15-27(14-19,16-21)24(32)17-30-22-8-4-5-9-23(22)31(26(30)28)18-25(33)29-10-6-3-7-11-29/h4-5,8-9,19-21,28H,3,6-7,10-18H2,1-2H3. The molecule has 0 radical (unpaired) electrons. The second-order valence-corrected chi connectivity index (χ2v) is 11.3. The number of likely N-dealkylation sites (tertiary alicyclic amines) is 1. The van der Waals surface area contributed by atoms with Gasteiger partial charge >= 0.3 is 0 Å². The lowest BCUT2D eigenvalue weighted by Gasteiger charge is -2.49. The highest BCUT2D eigenvalue weighted by atomic mass is 16.2. The molecule has 2 aromatic rings. The molecule has 2 aliphatic carbocycles. The van der Waals surface area contributed by atoms with Gasteiger partial charge in [0, 0.05) is 18.5 Å². The number of carbonyl (C=O) groups excluding carboxylic acids is 2. The van der Waals surface area contributed by atoms with Gasteiger partial charge in [0.25, 0.3) is 0 Å². The Kier molecular flexibility index (Phi) is 5.96. The van der Waals surface area contributed by atoms with Gasteiger partial charge in [0.2, 0.25) is 11.5 Å². The minimum atomic E-state index is -0.244. The van der Waals surface area contributed by atoms with Crippen LogP contribution in [-0.4, -0.2) is 38.8 Å². The summed E-state index contributed by atoms with van der Waals surface area (Å²) in [7, 11) is 0. The van der Waals surface area contributed by atoms with E-state index in [2.05, 4.69) is 13.8 Å². The van der Waals surface area contributed by atoms with Gasteiger partial charge in [0.1, 0.15) is 6.54 Å². The summed E-state index contributed by atoms with van der Waals surface area (Å²) in [6.07, 6.45) is 8.75. The second kappa shape index (κ2) is 8.77. The van der Waals surface area contributed by atoms with Crippen molar-refractivity contribution in [3.05, 3.63) is 29.9 Å². The molecule has 1 aromatic heterocycles. The molecule has 1 amide bonds. The average molecular weight is 451 g/mol. The van der Waals surface area contributed by atoms with E-state index in [0.29, 0.717) is 17.8 Å². The zero-order valence-corrected chi connectivity index (χ0v) is 20.2. The lowest BCUT2D eigenvalue weighted by atomic mass is 9.55. The molecule has 6 nitrogen and oxygen atoms in total. The van der Waals surface area contributed by atoms with Crippen LogP contribution < -0.4 is 5.62 Å². The van der Waals surface area contributed by atoms with Gasteiger partial charge in [0.05, 0.1) is 17.6 Å². The summed E-state index contributed by atoms with van der Waals surface area (Å²) in [5.41, 5.74) is 1.76. The van der Waals surface area contributed by atoms with E-state index in [4.69, 9.17) is 5.41 Å². The number of nitrogens with one attached hydrogen (secondary N) is 1. The first-order valence-electron chi connectivity index (χ1n) is 12.9. The normalized spacial score (nSPS) is 29.9. The molecule has 2 heterocycles. The van der Waals surface area contributed by atoms with Gasteiger partial charge in [-0.25, -0.2) is 0 Å². The molecule has 33 heavy (non-hydrogen) atoms. The second-order valence-electron chi connectivity index (χ2n) is 11.3. The number of carbonyl (C=O) groups is 2. The molecular formula is C27H38N4O2. The third kappa shape index (κ3) is 4.17. The molecule has 1 saturated heterocycles. The Morgan fingerprint density at radius 2 is 1.48 bits per heavy atom. The molecule has 1 aliphatic heterocycles. The Balaban J connectivity index is 1.45. The number of amides is 1. The van der Waals surface area contributed by atoms with Gasteiger partial charge in [-0.3, -0.25) is 15.0 Å². The molecule has 2 atom stereocenters. The number of piperidine rings is 1. The summed E-state index contributed by atoms with van der Waals surface area (Å²) < 4.78 is 3.65. The van der Waals surface area contributed by atoms with E-state index in [0.717, 1.165) is 56.2 Å². The fraction of sp³-hybridized carbons (Fsp3) is 0.667. The zero-order chi connectivity index (χ0) is 23.2. The van der Waals surface area contributed by atoms with Crippen LogP contribution in [0.5, 0.6) is 0 Å². The number of ketones is 1. The quantitative estimate of drug-likeness (QED) is 0.735. The maximum absolute atomic E-state index is 13.9.